The van der Waals surface area contributed by atoms with Gasteiger partial charge in [0.2, 0.25) is 0 Å². The van der Waals surface area contributed by atoms with Crippen LogP contribution in [0.15, 0.2) is 0 Å². The Labute approximate surface area is 59.5 Å². The molecule has 0 aromatic rings. The van der Waals surface area contributed by atoms with Crippen molar-refractivity contribution in [2.24, 2.45) is 0 Å². The maximum Gasteiger partial charge on any atom is 0.186 e. The zero-order valence-corrected chi connectivity index (χ0v) is 8.19. The second-order valence-electron chi connectivity index (χ2n) is 3.28. The van der Waals surface area contributed by atoms with Crippen molar-refractivity contribution in [2.75, 3.05) is 0 Å². The van der Waals surface area contributed by atoms with Crippen molar-refractivity contribution in [2.45, 2.75) is 46.0 Å². The number of hydrogen-bond acceptors (Lipinski definition) is 1. The largest absolute Gasteiger partial charge is 0.415 e. The lowest BCUT2D eigenvalue weighted by Crippen LogP contribution is -2.32. The average Bonchev–Trinajstić information content (AvgIpc) is 1.63. The Balaban J connectivity index is 3.58. The van der Waals surface area contributed by atoms with E-state index in [-0.39, 0.29) is 0 Å². The van der Waals surface area contributed by atoms with E-state index >= 15 is 0 Å². The van der Waals surface area contributed by atoms with Gasteiger partial charge in [-0.05, 0) is 33.0 Å². The normalized spacial score (nSPS) is 12.7. The molecule has 0 bridgehead atoms. The van der Waals surface area contributed by atoms with Gasteiger partial charge in [-0.1, -0.05) is 6.92 Å². The highest BCUT2D eigenvalue weighted by atomic mass is 28.4. The Kier molecular flexibility index (Phi) is 3.44. The highest BCUT2D eigenvalue weighted by molar-refractivity contribution is 6.71. The molecule has 0 N–H and O–H groups in total. The Morgan fingerprint density at radius 3 is 1.89 bits per heavy atom. The Hall–Kier alpha value is 0.177. The van der Waals surface area contributed by atoms with Crippen LogP contribution < -0.4 is 0 Å². The van der Waals surface area contributed by atoms with Gasteiger partial charge in [-0.25, -0.2) is 0 Å². The lowest BCUT2D eigenvalue weighted by Gasteiger charge is -2.23. The Morgan fingerprint density at radius 2 is 1.78 bits per heavy atom. The number of rotatable bonds is 3. The van der Waals surface area contributed by atoms with Gasteiger partial charge in [-0.2, -0.15) is 0 Å². The molecule has 0 aliphatic carbocycles. The monoisotopic (exact) mass is 146 g/mol. The summed E-state index contributed by atoms with van der Waals surface area (Å²) in [5.74, 6) is 0. The Bertz CT molecular complexity index is 79.0. The molecule has 0 spiro atoms. The first-order valence-corrected chi connectivity index (χ1v) is 6.77. The van der Waals surface area contributed by atoms with Crippen molar-refractivity contribution in [1.82, 2.24) is 0 Å². The molecule has 0 saturated carbocycles. The van der Waals surface area contributed by atoms with Gasteiger partial charge >= 0.3 is 0 Å². The van der Waals surface area contributed by atoms with Crippen molar-refractivity contribution in [1.29, 1.82) is 0 Å². The second-order valence-corrected chi connectivity index (χ2v) is 7.74. The fourth-order valence-corrected chi connectivity index (χ4v) is 2.16. The van der Waals surface area contributed by atoms with Gasteiger partial charge in [0.1, 0.15) is 0 Å². The van der Waals surface area contributed by atoms with E-state index in [9.17, 15) is 0 Å². The topological polar surface area (TPSA) is 9.23 Å². The van der Waals surface area contributed by atoms with Crippen LogP contribution in [0.5, 0.6) is 0 Å². The van der Waals surface area contributed by atoms with Crippen LogP contribution in [0.1, 0.15) is 20.8 Å². The van der Waals surface area contributed by atoms with Crippen LogP contribution in [0.4, 0.5) is 0 Å². The van der Waals surface area contributed by atoms with E-state index in [0.29, 0.717) is 6.10 Å². The molecule has 0 aromatic heterocycles. The minimum atomic E-state index is -1.24. The molecular formula is C7H18OSi. The third-order valence-corrected chi connectivity index (χ3v) is 4.22. The molecule has 0 atom stereocenters. The average molecular weight is 146 g/mol. The predicted molar refractivity (Wildman–Crippen MR) is 44.2 cm³/mol. The van der Waals surface area contributed by atoms with Gasteiger partial charge in [0.05, 0.1) is 0 Å². The summed E-state index contributed by atoms with van der Waals surface area (Å²) in [6.45, 7) is 10.9. The van der Waals surface area contributed by atoms with Crippen LogP contribution in [-0.2, 0) is 4.43 Å². The first kappa shape index (κ1) is 9.18. The molecule has 56 valence electrons. The smallest absolute Gasteiger partial charge is 0.186 e. The van der Waals surface area contributed by atoms with Gasteiger partial charge in [0.25, 0.3) is 0 Å². The van der Waals surface area contributed by atoms with Gasteiger partial charge in [-0.15, -0.1) is 0 Å². The number of hydrogen-bond donors (Lipinski definition) is 0. The summed E-state index contributed by atoms with van der Waals surface area (Å²) in [5.41, 5.74) is 0. The molecule has 0 amide bonds. The molecule has 0 aromatic carbocycles. The van der Waals surface area contributed by atoms with E-state index in [1.807, 2.05) is 0 Å². The third-order valence-electron chi connectivity index (χ3n) is 1.41. The molecule has 0 rings (SSSR count). The molecule has 9 heavy (non-hydrogen) atoms. The standard InChI is InChI=1S/C7H18OSi/c1-6-9(4,5)8-7(2)3/h7H,6H2,1-5H3. The van der Waals surface area contributed by atoms with Gasteiger partial charge in [-0.3, -0.25) is 0 Å². The zero-order valence-electron chi connectivity index (χ0n) is 7.19. The molecule has 0 aliphatic heterocycles. The van der Waals surface area contributed by atoms with Crippen molar-refractivity contribution >= 4 is 8.32 Å². The summed E-state index contributed by atoms with van der Waals surface area (Å²) < 4.78 is 5.73. The van der Waals surface area contributed by atoms with Crippen molar-refractivity contribution < 1.29 is 4.43 Å². The first-order chi connectivity index (χ1) is 3.98. The van der Waals surface area contributed by atoms with E-state index in [0.717, 1.165) is 0 Å². The summed E-state index contributed by atoms with van der Waals surface area (Å²) in [4.78, 5) is 0. The molecular weight excluding hydrogens is 128 g/mol. The zero-order chi connectivity index (χ0) is 7.49. The summed E-state index contributed by atoms with van der Waals surface area (Å²) in [5, 5.41) is 0. The van der Waals surface area contributed by atoms with Gasteiger partial charge in [0.15, 0.2) is 8.32 Å². The van der Waals surface area contributed by atoms with E-state index in [1.165, 1.54) is 6.04 Å². The van der Waals surface area contributed by atoms with Crippen molar-refractivity contribution in [3.8, 4) is 0 Å². The minimum Gasteiger partial charge on any atom is -0.415 e. The molecule has 2 heteroatoms. The summed E-state index contributed by atoms with van der Waals surface area (Å²) in [6.07, 6.45) is 0.409. The van der Waals surface area contributed by atoms with Gasteiger partial charge < -0.3 is 4.43 Å². The SMILES string of the molecule is CC[Si](C)(C)OC(C)C. The quantitative estimate of drug-likeness (QED) is 0.556. The van der Waals surface area contributed by atoms with Crippen LogP contribution in [-0.4, -0.2) is 14.4 Å². The van der Waals surface area contributed by atoms with Crippen LogP contribution in [0.2, 0.25) is 19.1 Å². The Morgan fingerprint density at radius 1 is 1.33 bits per heavy atom. The minimum absolute atomic E-state index is 0.409. The van der Waals surface area contributed by atoms with Gasteiger partial charge in [0, 0.05) is 6.10 Å². The maximum absolute atomic E-state index is 5.73. The van der Waals surface area contributed by atoms with Crippen LogP contribution in [0.3, 0.4) is 0 Å². The summed E-state index contributed by atoms with van der Waals surface area (Å²) >= 11 is 0. The lowest BCUT2D eigenvalue weighted by atomic mass is 10.5. The molecule has 0 radical (unpaired) electrons. The van der Waals surface area contributed by atoms with E-state index in [2.05, 4.69) is 33.9 Å². The summed E-state index contributed by atoms with van der Waals surface area (Å²) in [6, 6.07) is 1.21. The van der Waals surface area contributed by atoms with E-state index < -0.39 is 8.32 Å². The summed E-state index contributed by atoms with van der Waals surface area (Å²) in [7, 11) is -1.24. The van der Waals surface area contributed by atoms with Crippen LogP contribution >= 0.6 is 0 Å². The van der Waals surface area contributed by atoms with E-state index in [4.69, 9.17) is 4.43 Å². The fourth-order valence-electron chi connectivity index (χ4n) is 0.721. The van der Waals surface area contributed by atoms with Crippen molar-refractivity contribution in [3.05, 3.63) is 0 Å². The highest BCUT2D eigenvalue weighted by Crippen LogP contribution is 2.11. The first-order valence-electron chi connectivity index (χ1n) is 3.66. The van der Waals surface area contributed by atoms with Crippen molar-refractivity contribution in [3.63, 3.8) is 0 Å². The maximum atomic E-state index is 5.73. The molecule has 1 nitrogen and oxygen atoms in total. The molecule has 0 unspecified atom stereocenters. The predicted octanol–water partition coefficient (Wildman–Crippen LogP) is 2.64. The second kappa shape index (κ2) is 3.37. The molecule has 0 saturated heterocycles. The van der Waals surface area contributed by atoms with Crippen LogP contribution in [0, 0.1) is 0 Å². The molecule has 0 fully saturated rings. The molecule has 0 heterocycles. The fraction of sp³-hybridized carbons (Fsp3) is 1.00. The molecule has 0 aliphatic rings. The highest BCUT2D eigenvalue weighted by Gasteiger charge is 2.20. The lowest BCUT2D eigenvalue weighted by molar-refractivity contribution is 0.232. The van der Waals surface area contributed by atoms with Crippen LogP contribution in [0.25, 0.3) is 0 Å². The van der Waals surface area contributed by atoms with E-state index in [1.54, 1.807) is 0 Å². The third kappa shape index (κ3) is 4.67.